The maximum atomic E-state index is 12.5. The van der Waals surface area contributed by atoms with Gasteiger partial charge in [-0.3, -0.25) is 0 Å². The van der Waals surface area contributed by atoms with Crippen molar-refractivity contribution in [3.05, 3.63) is 72.8 Å². The maximum Gasteiger partial charge on any atom is 0.240 e. The molecular weight excluding hydrogens is 338 g/mol. The molecule has 3 aromatic rings. The number of imidazole rings is 1. The second kappa shape index (κ2) is 7.50. The lowest BCUT2D eigenvalue weighted by Crippen LogP contribution is -2.23. The van der Waals surface area contributed by atoms with E-state index in [1.807, 2.05) is 42.0 Å². The minimum absolute atomic E-state index is 0.184. The minimum Gasteiger partial charge on any atom is -0.494 e. The van der Waals surface area contributed by atoms with Crippen molar-refractivity contribution in [2.24, 2.45) is 0 Å². The number of nitrogens with zero attached hydrogens (tertiary/aromatic N) is 2. The molecule has 0 aliphatic carbocycles. The van der Waals surface area contributed by atoms with Crippen molar-refractivity contribution in [2.45, 2.75) is 18.4 Å². The molecule has 1 heterocycles. The van der Waals surface area contributed by atoms with Gasteiger partial charge in [-0.1, -0.05) is 18.2 Å². The van der Waals surface area contributed by atoms with E-state index in [4.69, 9.17) is 4.74 Å². The summed E-state index contributed by atoms with van der Waals surface area (Å²) in [7, 11) is -3.61. The largest absolute Gasteiger partial charge is 0.494 e. The number of hydrogen-bond donors (Lipinski definition) is 1. The summed E-state index contributed by atoms with van der Waals surface area (Å²) < 4.78 is 34.8. The topological polar surface area (TPSA) is 73.2 Å². The Bertz CT molecular complexity index is 920. The number of para-hydroxylation sites is 1. The number of ether oxygens (including phenoxy) is 1. The quantitative estimate of drug-likeness (QED) is 0.706. The smallest absolute Gasteiger partial charge is 0.240 e. The Balaban J connectivity index is 1.77. The second-order valence-electron chi connectivity index (χ2n) is 5.33. The molecule has 0 fully saturated rings. The van der Waals surface area contributed by atoms with Gasteiger partial charge in [0.2, 0.25) is 10.0 Å². The van der Waals surface area contributed by atoms with Gasteiger partial charge >= 0.3 is 0 Å². The van der Waals surface area contributed by atoms with Crippen molar-refractivity contribution in [3.63, 3.8) is 0 Å². The molecule has 25 heavy (non-hydrogen) atoms. The highest BCUT2D eigenvalue weighted by Crippen LogP contribution is 2.18. The van der Waals surface area contributed by atoms with Gasteiger partial charge in [-0.15, -0.1) is 0 Å². The highest BCUT2D eigenvalue weighted by molar-refractivity contribution is 7.89. The van der Waals surface area contributed by atoms with Gasteiger partial charge in [-0.05, 0) is 42.8 Å². The molecule has 0 bridgehead atoms. The number of benzene rings is 2. The third-order valence-electron chi connectivity index (χ3n) is 3.67. The van der Waals surface area contributed by atoms with Crippen LogP contribution in [-0.2, 0) is 16.6 Å². The molecular formula is C18H19N3O3S. The lowest BCUT2D eigenvalue weighted by Gasteiger charge is -2.12. The van der Waals surface area contributed by atoms with Gasteiger partial charge in [0.1, 0.15) is 5.75 Å². The SMILES string of the molecule is CCOc1ccc(S(=O)(=O)NCc2ccccc2-n2ccnc2)cc1. The Kier molecular flexibility index (Phi) is 5.16. The van der Waals surface area contributed by atoms with Crippen LogP contribution in [0.15, 0.2) is 72.1 Å². The number of sulfonamides is 1. The van der Waals surface area contributed by atoms with Gasteiger partial charge < -0.3 is 9.30 Å². The number of rotatable bonds is 7. The fourth-order valence-corrected chi connectivity index (χ4v) is 3.46. The van der Waals surface area contributed by atoms with E-state index < -0.39 is 10.0 Å². The van der Waals surface area contributed by atoms with Crippen LogP contribution in [0.25, 0.3) is 5.69 Å². The average Bonchev–Trinajstić information content (AvgIpc) is 3.16. The summed E-state index contributed by atoms with van der Waals surface area (Å²) in [4.78, 5) is 4.24. The number of aromatic nitrogens is 2. The highest BCUT2D eigenvalue weighted by Gasteiger charge is 2.15. The summed E-state index contributed by atoms with van der Waals surface area (Å²) in [5.74, 6) is 0.645. The first-order valence-electron chi connectivity index (χ1n) is 7.89. The second-order valence-corrected chi connectivity index (χ2v) is 7.09. The van der Waals surface area contributed by atoms with Gasteiger partial charge in [0.05, 0.1) is 23.5 Å². The molecule has 0 radical (unpaired) electrons. The summed E-state index contributed by atoms with van der Waals surface area (Å²) in [6.45, 7) is 2.60. The first-order chi connectivity index (χ1) is 12.1. The Morgan fingerprint density at radius 2 is 1.88 bits per heavy atom. The van der Waals surface area contributed by atoms with Crippen LogP contribution < -0.4 is 9.46 Å². The number of hydrogen-bond acceptors (Lipinski definition) is 4. The van der Waals surface area contributed by atoms with E-state index in [0.717, 1.165) is 11.3 Å². The van der Waals surface area contributed by atoms with Gasteiger partial charge in [0, 0.05) is 18.9 Å². The third kappa shape index (κ3) is 4.07. The van der Waals surface area contributed by atoms with Crippen LogP contribution in [-0.4, -0.2) is 24.6 Å². The molecule has 0 saturated carbocycles. The molecule has 130 valence electrons. The molecule has 2 aromatic carbocycles. The molecule has 0 saturated heterocycles. The molecule has 3 rings (SSSR count). The van der Waals surface area contributed by atoms with E-state index in [2.05, 4.69) is 9.71 Å². The van der Waals surface area contributed by atoms with Crippen LogP contribution in [0.1, 0.15) is 12.5 Å². The van der Waals surface area contributed by atoms with Crippen molar-refractivity contribution in [2.75, 3.05) is 6.61 Å². The molecule has 6 nitrogen and oxygen atoms in total. The zero-order valence-electron chi connectivity index (χ0n) is 13.8. The molecule has 1 N–H and O–H groups in total. The predicted octanol–water partition coefficient (Wildman–Crippen LogP) is 2.75. The highest BCUT2D eigenvalue weighted by atomic mass is 32.2. The molecule has 0 atom stereocenters. The lowest BCUT2D eigenvalue weighted by molar-refractivity contribution is 0.340. The standard InChI is InChI=1S/C18H19N3O3S/c1-2-24-16-7-9-17(10-8-16)25(22,23)20-13-15-5-3-4-6-18(15)21-12-11-19-14-21/h3-12,14,20H,2,13H2,1H3. The number of nitrogens with one attached hydrogen (secondary N) is 1. The Morgan fingerprint density at radius 1 is 1.12 bits per heavy atom. The summed E-state index contributed by atoms with van der Waals surface area (Å²) in [5, 5.41) is 0. The van der Waals surface area contributed by atoms with Crippen LogP contribution in [0.2, 0.25) is 0 Å². The van der Waals surface area contributed by atoms with Crippen LogP contribution >= 0.6 is 0 Å². The minimum atomic E-state index is -3.61. The predicted molar refractivity (Wildman–Crippen MR) is 95.2 cm³/mol. The monoisotopic (exact) mass is 357 g/mol. The molecule has 7 heteroatoms. The van der Waals surface area contributed by atoms with Gasteiger partial charge in [0.15, 0.2) is 0 Å². The Labute approximate surface area is 147 Å². The first kappa shape index (κ1) is 17.2. The normalized spacial score (nSPS) is 11.4. The Morgan fingerprint density at radius 3 is 2.56 bits per heavy atom. The van der Waals surface area contributed by atoms with Gasteiger partial charge in [-0.25, -0.2) is 18.1 Å². The van der Waals surface area contributed by atoms with Crippen molar-refractivity contribution in [3.8, 4) is 11.4 Å². The van der Waals surface area contributed by atoms with E-state index in [1.54, 1.807) is 24.7 Å². The van der Waals surface area contributed by atoms with Crippen molar-refractivity contribution < 1.29 is 13.2 Å². The van der Waals surface area contributed by atoms with E-state index in [-0.39, 0.29) is 11.4 Å². The van der Waals surface area contributed by atoms with E-state index in [0.29, 0.717) is 12.4 Å². The van der Waals surface area contributed by atoms with Crippen LogP contribution in [0.3, 0.4) is 0 Å². The lowest BCUT2D eigenvalue weighted by atomic mass is 10.2. The molecule has 0 amide bonds. The van der Waals surface area contributed by atoms with Crippen LogP contribution in [0.5, 0.6) is 5.75 Å². The molecule has 0 aliphatic rings. The van der Waals surface area contributed by atoms with E-state index in [9.17, 15) is 8.42 Å². The van der Waals surface area contributed by atoms with Crippen molar-refractivity contribution >= 4 is 10.0 Å². The average molecular weight is 357 g/mol. The van der Waals surface area contributed by atoms with Crippen molar-refractivity contribution in [1.82, 2.24) is 14.3 Å². The summed E-state index contributed by atoms with van der Waals surface area (Å²) in [6, 6.07) is 14.0. The Hall–Kier alpha value is -2.64. The zero-order valence-corrected chi connectivity index (χ0v) is 14.6. The zero-order chi connectivity index (χ0) is 17.7. The molecule has 1 aromatic heterocycles. The fourth-order valence-electron chi connectivity index (χ4n) is 2.45. The molecule has 0 aliphatic heterocycles. The fraction of sp³-hybridized carbons (Fsp3) is 0.167. The summed E-state index contributed by atoms with van der Waals surface area (Å²) >= 11 is 0. The summed E-state index contributed by atoms with van der Waals surface area (Å²) in [6.07, 6.45) is 5.18. The molecule has 0 spiro atoms. The van der Waals surface area contributed by atoms with Crippen LogP contribution in [0.4, 0.5) is 0 Å². The van der Waals surface area contributed by atoms with Crippen LogP contribution in [0, 0.1) is 0 Å². The summed E-state index contributed by atoms with van der Waals surface area (Å²) in [5.41, 5.74) is 1.74. The van der Waals surface area contributed by atoms with Gasteiger partial charge in [-0.2, -0.15) is 0 Å². The third-order valence-corrected chi connectivity index (χ3v) is 5.09. The molecule has 0 unspecified atom stereocenters. The maximum absolute atomic E-state index is 12.5. The van der Waals surface area contributed by atoms with Crippen molar-refractivity contribution in [1.29, 1.82) is 0 Å². The van der Waals surface area contributed by atoms with E-state index >= 15 is 0 Å². The van der Waals surface area contributed by atoms with E-state index in [1.165, 1.54) is 12.1 Å². The van der Waals surface area contributed by atoms with Gasteiger partial charge in [0.25, 0.3) is 0 Å². The first-order valence-corrected chi connectivity index (χ1v) is 9.37.